The molecular weight excluding hydrogens is 314 g/mol. The summed E-state index contributed by atoms with van der Waals surface area (Å²) in [4.78, 5) is 16.4. The van der Waals surface area contributed by atoms with Gasteiger partial charge in [-0.2, -0.15) is 0 Å². The van der Waals surface area contributed by atoms with Crippen LogP contribution in [0, 0.1) is 0 Å². The molecule has 3 rings (SSSR count). The zero-order valence-corrected chi connectivity index (χ0v) is 14.6. The van der Waals surface area contributed by atoms with E-state index in [0.29, 0.717) is 6.04 Å². The SMILES string of the molecule is C[C@H](NC(=O)OC(C)(C)C)c1nc(-c2cn(C3CC3)nn2)cs1. The van der Waals surface area contributed by atoms with Gasteiger partial charge in [-0.3, -0.25) is 0 Å². The maximum atomic E-state index is 11.8. The van der Waals surface area contributed by atoms with Crippen molar-refractivity contribution in [2.45, 2.75) is 58.2 Å². The van der Waals surface area contributed by atoms with Crippen molar-refractivity contribution in [3.8, 4) is 11.4 Å². The fourth-order valence-electron chi connectivity index (χ4n) is 2.06. The monoisotopic (exact) mass is 335 g/mol. The van der Waals surface area contributed by atoms with Crippen molar-refractivity contribution in [2.24, 2.45) is 0 Å². The molecule has 1 saturated carbocycles. The molecule has 0 spiro atoms. The lowest BCUT2D eigenvalue weighted by Crippen LogP contribution is -2.34. The Balaban J connectivity index is 1.64. The Morgan fingerprint density at radius 3 is 2.83 bits per heavy atom. The van der Waals surface area contributed by atoms with Gasteiger partial charge in [0, 0.05) is 5.38 Å². The Bertz CT molecular complexity index is 699. The molecule has 1 aliphatic rings. The van der Waals surface area contributed by atoms with Gasteiger partial charge in [-0.15, -0.1) is 16.4 Å². The van der Waals surface area contributed by atoms with E-state index in [0.717, 1.165) is 16.4 Å². The maximum absolute atomic E-state index is 11.8. The predicted molar refractivity (Wildman–Crippen MR) is 87.2 cm³/mol. The second kappa shape index (κ2) is 5.92. The summed E-state index contributed by atoms with van der Waals surface area (Å²) < 4.78 is 7.16. The van der Waals surface area contributed by atoms with Crippen molar-refractivity contribution in [3.05, 3.63) is 16.6 Å². The average Bonchev–Trinajstić information content (AvgIpc) is 2.99. The Morgan fingerprint density at radius 1 is 1.43 bits per heavy atom. The van der Waals surface area contributed by atoms with Gasteiger partial charge in [-0.05, 0) is 40.5 Å². The first kappa shape index (κ1) is 15.9. The number of hydrogen-bond acceptors (Lipinski definition) is 6. The van der Waals surface area contributed by atoms with Crippen LogP contribution in [0.15, 0.2) is 11.6 Å². The normalized spacial score (nSPS) is 16.2. The van der Waals surface area contributed by atoms with Crippen LogP contribution in [-0.2, 0) is 4.74 Å². The lowest BCUT2D eigenvalue weighted by Gasteiger charge is -2.21. The van der Waals surface area contributed by atoms with Crippen LogP contribution >= 0.6 is 11.3 Å². The molecule has 2 aromatic heterocycles. The second-order valence-corrected chi connectivity index (χ2v) is 7.64. The number of ether oxygens (including phenoxy) is 1. The molecule has 1 amide bonds. The van der Waals surface area contributed by atoms with E-state index in [1.54, 1.807) is 0 Å². The Labute approximate surface area is 139 Å². The average molecular weight is 335 g/mol. The summed E-state index contributed by atoms with van der Waals surface area (Å²) >= 11 is 1.49. The molecule has 7 nitrogen and oxygen atoms in total. The smallest absolute Gasteiger partial charge is 0.408 e. The molecular formula is C15H21N5O2S. The molecule has 0 radical (unpaired) electrons. The fraction of sp³-hybridized carbons (Fsp3) is 0.600. The fourth-order valence-corrected chi connectivity index (χ4v) is 2.88. The van der Waals surface area contributed by atoms with Gasteiger partial charge in [0.25, 0.3) is 0 Å². The lowest BCUT2D eigenvalue weighted by atomic mass is 10.2. The van der Waals surface area contributed by atoms with Crippen LogP contribution in [-0.4, -0.2) is 31.7 Å². The molecule has 124 valence electrons. The maximum Gasteiger partial charge on any atom is 0.408 e. The zero-order chi connectivity index (χ0) is 16.6. The van der Waals surface area contributed by atoms with Gasteiger partial charge in [-0.1, -0.05) is 5.21 Å². The van der Waals surface area contributed by atoms with Crippen LogP contribution in [0.2, 0.25) is 0 Å². The van der Waals surface area contributed by atoms with Crippen molar-refractivity contribution < 1.29 is 9.53 Å². The first-order chi connectivity index (χ1) is 10.8. The highest BCUT2D eigenvalue weighted by atomic mass is 32.1. The number of amides is 1. The van der Waals surface area contributed by atoms with Crippen LogP contribution in [0.5, 0.6) is 0 Å². The minimum Gasteiger partial charge on any atom is -0.444 e. The number of nitrogens with zero attached hydrogens (tertiary/aromatic N) is 4. The number of thiazole rings is 1. The van der Waals surface area contributed by atoms with Gasteiger partial charge >= 0.3 is 6.09 Å². The third-order valence-corrected chi connectivity index (χ3v) is 4.35. The summed E-state index contributed by atoms with van der Waals surface area (Å²) in [6.45, 7) is 7.39. The molecule has 1 atom stereocenters. The molecule has 0 aromatic carbocycles. The summed E-state index contributed by atoms with van der Waals surface area (Å²) in [5, 5.41) is 13.9. The topological polar surface area (TPSA) is 81.9 Å². The van der Waals surface area contributed by atoms with Gasteiger partial charge in [-0.25, -0.2) is 14.5 Å². The minimum absolute atomic E-state index is 0.220. The van der Waals surface area contributed by atoms with Crippen LogP contribution in [0.3, 0.4) is 0 Å². The summed E-state index contributed by atoms with van der Waals surface area (Å²) in [7, 11) is 0. The molecule has 1 N–H and O–H groups in total. The van der Waals surface area contributed by atoms with Gasteiger partial charge in [0.15, 0.2) is 0 Å². The quantitative estimate of drug-likeness (QED) is 0.927. The molecule has 8 heteroatoms. The summed E-state index contributed by atoms with van der Waals surface area (Å²) in [6, 6.07) is 0.282. The van der Waals surface area contributed by atoms with Gasteiger partial charge in [0.05, 0.1) is 18.3 Å². The number of alkyl carbamates (subject to hydrolysis) is 1. The van der Waals surface area contributed by atoms with Crippen LogP contribution in [0.25, 0.3) is 11.4 Å². The van der Waals surface area contributed by atoms with E-state index in [1.807, 2.05) is 44.0 Å². The standard InChI is InChI=1S/C15H21N5O2S/c1-9(16-14(21)22-15(2,3)4)13-17-12(8-23-13)11-7-20(19-18-11)10-5-6-10/h7-10H,5-6H2,1-4H3,(H,16,21)/t9-/m0/s1. The predicted octanol–water partition coefficient (Wildman–Crippen LogP) is 3.32. The Kier molecular flexibility index (Phi) is 4.09. The number of aromatic nitrogens is 4. The molecule has 0 aliphatic heterocycles. The molecule has 2 aromatic rings. The highest BCUT2D eigenvalue weighted by molar-refractivity contribution is 7.10. The third-order valence-electron chi connectivity index (χ3n) is 3.32. The number of hydrogen-bond donors (Lipinski definition) is 1. The highest BCUT2D eigenvalue weighted by Gasteiger charge is 2.25. The number of nitrogens with one attached hydrogen (secondary N) is 1. The number of carbonyl (C=O) groups is 1. The van der Waals surface area contributed by atoms with Crippen LogP contribution < -0.4 is 5.32 Å². The molecule has 2 heterocycles. The van der Waals surface area contributed by atoms with Crippen molar-refractivity contribution in [3.63, 3.8) is 0 Å². The second-order valence-electron chi connectivity index (χ2n) is 6.75. The van der Waals surface area contributed by atoms with Crippen molar-refractivity contribution in [1.29, 1.82) is 0 Å². The highest BCUT2D eigenvalue weighted by Crippen LogP contribution is 2.34. The van der Waals surface area contributed by atoms with E-state index in [4.69, 9.17) is 4.74 Å². The third kappa shape index (κ3) is 4.07. The molecule has 23 heavy (non-hydrogen) atoms. The summed E-state index contributed by atoms with van der Waals surface area (Å²) in [5.74, 6) is 0. The molecule has 0 unspecified atom stereocenters. The van der Waals surface area contributed by atoms with E-state index < -0.39 is 11.7 Å². The van der Waals surface area contributed by atoms with E-state index in [1.165, 1.54) is 24.2 Å². The van der Waals surface area contributed by atoms with Gasteiger partial charge in [0.1, 0.15) is 22.0 Å². The number of carbonyl (C=O) groups excluding carboxylic acids is 1. The van der Waals surface area contributed by atoms with Crippen molar-refractivity contribution >= 4 is 17.4 Å². The lowest BCUT2D eigenvalue weighted by molar-refractivity contribution is 0.0508. The van der Waals surface area contributed by atoms with E-state index in [2.05, 4.69) is 20.6 Å². The largest absolute Gasteiger partial charge is 0.444 e. The van der Waals surface area contributed by atoms with E-state index >= 15 is 0 Å². The van der Waals surface area contributed by atoms with Crippen LogP contribution in [0.4, 0.5) is 4.79 Å². The Morgan fingerprint density at radius 2 is 2.17 bits per heavy atom. The van der Waals surface area contributed by atoms with Crippen molar-refractivity contribution in [2.75, 3.05) is 0 Å². The van der Waals surface area contributed by atoms with Crippen molar-refractivity contribution in [1.82, 2.24) is 25.3 Å². The minimum atomic E-state index is -0.515. The summed E-state index contributed by atoms with van der Waals surface area (Å²) in [6.07, 6.45) is 3.83. The van der Waals surface area contributed by atoms with E-state index in [-0.39, 0.29) is 6.04 Å². The zero-order valence-electron chi connectivity index (χ0n) is 13.7. The Hall–Kier alpha value is -1.96. The molecule has 1 fully saturated rings. The van der Waals surface area contributed by atoms with Crippen LogP contribution in [0.1, 0.15) is 57.6 Å². The first-order valence-corrected chi connectivity index (χ1v) is 8.57. The first-order valence-electron chi connectivity index (χ1n) is 7.69. The number of rotatable bonds is 4. The molecule has 0 bridgehead atoms. The van der Waals surface area contributed by atoms with E-state index in [9.17, 15) is 4.79 Å². The summed E-state index contributed by atoms with van der Waals surface area (Å²) in [5.41, 5.74) is 1.04. The molecule has 0 saturated heterocycles. The van der Waals surface area contributed by atoms with Gasteiger partial charge in [0.2, 0.25) is 0 Å². The molecule has 1 aliphatic carbocycles. The van der Waals surface area contributed by atoms with Gasteiger partial charge < -0.3 is 10.1 Å².